The second-order valence-corrected chi connectivity index (χ2v) is 8.59. The van der Waals surface area contributed by atoms with Gasteiger partial charge in [-0.25, -0.2) is 0 Å². The number of piperidine rings is 1. The molecule has 2 amide bonds. The average molecular weight is 422 g/mol. The second kappa shape index (κ2) is 9.60. The Morgan fingerprint density at radius 3 is 2.68 bits per heavy atom. The fourth-order valence-corrected chi connectivity index (χ4v) is 4.75. The monoisotopic (exact) mass is 421 g/mol. The molecule has 0 aliphatic carbocycles. The van der Waals surface area contributed by atoms with Crippen LogP contribution in [0.1, 0.15) is 38.2 Å². The summed E-state index contributed by atoms with van der Waals surface area (Å²) in [5, 5.41) is 3.04. The summed E-state index contributed by atoms with van der Waals surface area (Å²) in [6, 6.07) is 12.3. The van der Waals surface area contributed by atoms with Crippen molar-refractivity contribution in [3.8, 4) is 11.1 Å². The van der Waals surface area contributed by atoms with Gasteiger partial charge in [-0.2, -0.15) is 0 Å². The first kappa shape index (κ1) is 21.5. The lowest BCUT2D eigenvalue weighted by atomic mass is 9.72. The van der Waals surface area contributed by atoms with Crippen molar-refractivity contribution in [3.63, 3.8) is 0 Å². The van der Waals surface area contributed by atoms with Crippen LogP contribution in [0.25, 0.3) is 11.1 Å². The molecule has 0 saturated carbocycles. The van der Waals surface area contributed by atoms with Gasteiger partial charge in [-0.3, -0.25) is 14.6 Å². The van der Waals surface area contributed by atoms with Crippen LogP contribution in [0.3, 0.4) is 0 Å². The van der Waals surface area contributed by atoms with E-state index >= 15 is 0 Å². The van der Waals surface area contributed by atoms with Crippen LogP contribution < -0.4 is 5.32 Å². The third-order valence-corrected chi connectivity index (χ3v) is 6.52. The molecular weight excluding hydrogens is 390 g/mol. The van der Waals surface area contributed by atoms with Crippen LogP contribution in [-0.4, -0.2) is 54.0 Å². The van der Waals surface area contributed by atoms with Gasteiger partial charge in [-0.1, -0.05) is 30.3 Å². The van der Waals surface area contributed by atoms with Crippen LogP contribution in [0.15, 0.2) is 48.8 Å². The smallest absolute Gasteiger partial charge is 0.251 e. The molecule has 3 heterocycles. The first-order valence-electron chi connectivity index (χ1n) is 11.3. The van der Waals surface area contributed by atoms with Crippen LogP contribution in [-0.2, 0) is 20.7 Å². The Labute approximate surface area is 184 Å². The Kier molecular flexibility index (Phi) is 6.66. The van der Waals surface area contributed by atoms with E-state index in [1.165, 1.54) is 0 Å². The van der Waals surface area contributed by atoms with Crippen molar-refractivity contribution in [1.29, 1.82) is 0 Å². The normalized spacial score (nSPS) is 20.4. The van der Waals surface area contributed by atoms with Crippen LogP contribution >= 0.6 is 0 Å². The van der Waals surface area contributed by atoms with E-state index in [1.807, 2.05) is 36.2 Å². The van der Waals surface area contributed by atoms with Crippen LogP contribution in [0.5, 0.6) is 0 Å². The van der Waals surface area contributed by atoms with Gasteiger partial charge in [-0.05, 0) is 61.8 Å². The first-order chi connectivity index (χ1) is 15.1. The molecule has 2 saturated heterocycles. The molecule has 1 atom stereocenters. The van der Waals surface area contributed by atoms with Gasteiger partial charge in [0.1, 0.15) is 6.10 Å². The number of pyridine rings is 1. The summed E-state index contributed by atoms with van der Waals surface area (Å²) in [4.78, 5) is 32.0. The van der Waals surface area contributed by atoms with E-state index in [9.17, 15) is 9.59 Å². The van der Waals surface area contributed by atoms with Crippen molar-refractivity contribution >= 4 is 11.8 Å². The summed E-state index contributed by atoms with van der Waals surface area (Å²) in [6.07, 6.45) is 7.06. The van der Waals surface area contributed by atoms with Crippen LogP contribution in [0, 0.1) is 5.41 Å². The number of nitrogens with zero attached hydrogens (tertiary/aromatic N) is 2. The van der Waals surface area contributed by atoms with Gasteiger partial charge in [-0.15, -0.1) is 0 Å². The lowest BCUT2D eigenvalue weighted by Crippen LogP contribution is -2.52. The van der Waals surface area contributed by atoms with E-state index in [2.05, 4.69) is 28.5 Å². The highest BCUT2D eigenvalue weighted by Gasteiger charge is 2.43. The number of ether oxygens (including phenoxy) is 1. The molecule has 2 aliphatic heterocycles. The van der Waals surface area contributed by atoms with Gasteiger partial charge in [0.2, 0.25) is 5.91 Å². The molecule has 0 bridgehead atoms. The SMILES string of the molecule is CCNC(=O)C1(Cc2cccc(-c3cccnc3)c2)CCN(C(=O)[C@H]2CCCO2)CC1. The van der Waals surface area contributed by atoms with Crippen molar-refractivity contribution < 1.29 is 14.3 Å². The van der Waals surface area contributed by atoms with Gasteiger partial charge in [0.05, 0.1) is 5.41 Å². The third-order valence-electron chi connectivity index (χ3n) is 6.52. The van der Waals surface area contributed by atoms with E-state index in [0.29, 0.717) is 45.5 Å². The zero-order valence-electron chi connectivity index (χ0n) is 18.2. The Balaban J connectivity index is 1.51. The molecule has 4 rings (SSSR count). The van der Waals surface area contributed by atoms with Gasteiger partial charge in [0.15, 0.2) is 0 Å². The molecule has 1 aromatic heterocycles. The molecule has 6 heteroatoms. The number of carbonyl (C=O) groups excluding carboxylic acids is 2. The molecule has 0 unspecified atom stereocenters. The summed E-state index contributed by atoms with van der Waals surface area (Å²) in [5.74, 6) is 0.173. The van der Waals surface area contributed by atoms with E-state index < -0.39 is 5.41 Å². The third kappa shape index (κ3) is 4.79. The summed E-state index contributed by atoms with van der Waals surface area (Å²) >= 11 is 0. The zero-order chi connectivity index (χ0) is 21.7. The number of rotatable bonds is 6. The van der Waals surface area contributed by atoms with Crippen molar-refractivity contribution in [2.45, 2.75) is 45.1 Å². The Hall–Kier alpha value is -2.73. The highest BCUT2D eigenvalue weighted by Crippen LogP contribution is 2.37. The molecule has 2 aliphatic rings. The minimum atomic E-state index is -0.503. The summed E-state index contributed by atoms with van der Waals surface area (Å²) in [6.45, 7) is 4.41. The first-order valence-corrected chi connectivity index (χ1v) is 11.3. The molecule has 164 valence electrons. The van der Waals surface area contributed by atoms with E-state index in [1.54, 1.807) is 6.20 Å². The lowest BCUT2D eigenvalue weighted by Gasteiger charge is -2.41. The number of amides is 2. The number of hydrogen-bond acceptors (Lipinski definition) is 4. The number of hydrogen-bond donors (Lipinski definition) is 1. The number of benzene rings is 1. The minimum Gasteiger partial charge on any atom is -0.368 e. The second-order valence-electron chi connectivity index (χ2n) is 8.59. The highest BCUT2D eigenvalue weighted by molar-refractivity contribution is 5.85. The summed E-state index contributed by atoms with van der Waals surface area (Å²) in [5.41, 5.74) is 2.79. The molecule has 2 aromatic rings. The molecular formula is C25H31N3O3. The maximum absolute atomic E-state index is 13.2. The molecule has 1 N–H and O–H groups in total. The molecule has 0 spiro atoms. The van der Waals surface area contributed by atoms with Gasteiger partial charge >= 0.3 is 0 Å². The maximum Gasteiger partial charge on any atom is 0.251 e. The van der Waals surface area contributed by atoms with Gasteiger partial charge < -0.3 is 15.0 Å². The molecule has 2 fully saturated rings. The lowest BCUT2D eigenvalue weighted by molar-refractivity contribution is -0.146. The number of likely N-dealkylation sites (tertiary alicyclic amines) is 1. The summed E-state index contributed by atoms with van der Waals surface area (Å²) in [7, 11) is 0. The van der Waals surface area contributed by atoms with E-state index in [4.69, 9.17) is 4.74 Å². The molecule has 6 nitrogen and oxygen atoms in total. The fraction of sp³-hybridized carbons (Fsp3) is 0.480. The number of aromatic nitrogens is 1. The number of carbonyl (C=O) groups is 2. The fourth-order valence-electron chi connectivity index (χ4n) is 4.75. The average Bonchev–Trinajstić information content (AvgIpc) is 3.35. The van der Waals surface area contributed by atoms with Crippen molar-refractivity contribution in [1.82, 2.24) is 15.2 Å². The molecule has 0 radical (unpaired) electrons. The van der Waals surface area contributed by atoms with E-state index in [0.717, 1.165) is 29.5 Å². The van der Waals surface area contributed by atoms with E-state index in [-0.39, 0.29) is 17.9 Å². The Morgan fingerprint density at radius 1 is 1.19 bits per heavy atom. The Bertz CT molecular complexity index is 901. The Morgan fingerprint density at radius 2 is 2.00 bits per heavy atom. The minimum absolute atomic E-state index is 0.0839. The predicted octanol–water partition coefficient (Wildman–Crippen LogP) is 3.22. The predicted molar refractivity (Wildman–Crippen MR) is 119 cm³/mol. The topological polar surface area (TPSA) is 71.5 Å². The quantitative estimate of drug-likeness (QED) is 0.777. The number of nitrogens with one attached hydrogen (secondary N) is 1. The van der Waals surface area contributed by atoms with Gasteiger partial charge in [0.25, 0.3) is 5.91 Å². The maximum atomic E-state index is 13.2. The van der Waals surface area contributed by atoms with Gasteiger partial charge in [0, 0.05) is 38.6 Å². The largest absolute Gasteiger partial charge is 0.368 e. The van der Waals surface area contributed by atoms with Crippen molar-refractivity contribution in [3.05, 3.63) is 54.4 Å². The standard InChI is InChI=1S/C25H31N3O3/c1-2-27-24(30)25(10-13-28(14-11-25)23(29)22-9-5-15-31-22)17-19-6-3-7-20(16-19)21-8-4-12-26-18-21/h3-4,6-8,12,16,18,22H,2,5,9-11,13-15,17H2,1H3,(H,27,30)/t22-/m1/s1. The molecule has 1 aromatic carbocycles. The summed E-state index contributed by atoms with van der Waals surface area (Å²) < 4.78 is 5.58. The van der Waals surface area contributed by atoms with Crippen molar-refractivity contribution in [2.24, 2.45) is 5.41 Å². The van der Waals surface area contributed by atoms with Crippen LogP contribution in [0.4, 0.5) is 0 Å². The van der Waals surface area contributed by atoms with Crippen molar-refractivity contribution in [2.75, 3.05) is 26.2 Å². The van der Waals surface area contributed by atoms with Crippen LogP contribution in [0.2, 0.25) is 0 Å². The zero-order valence-corrected chi connectivity index (χ0v) is 18.2. The highest BCUT2D eigenvalue weighted by atomic mass is 16.5. The molecule has 31 heavy (non-hydrogen) atoms.